The fourth-order valence-electron chi connectivity index (χ4n) is 2.73. The summed E-state index contributed by atoms with van der Waals surface area (Å²) in [7, 11) is 0. The number of rotatable bonds is 5. The highest BCUT2D eigenvalue weighted by Crippen LogP contribution is 2.24. The molecular weight excluding hydrogens is 409 g/mol. The third-order valence-corrected chi connectivity index (χ3v) is 4.38. The SMILES string of the molecule is Cc1nc(Oc2ccc(NC(=O)c3c(F)cccc3Cl)cc2)cc(-n2cccn2)n1. The molecule has 4 rings (SSSR count). The Morgan fingerprint density at radius 2 is 1.93 bits per heavy atom. The number of halogens is 2. The standard InChI is InChI=1S/C21H15ClFN5O2/c1-13-25-18(28-11-3-10-24-28)12-19(26-13)30-15-8-6-14(7-9-15)27-21(29)20-16(22)4-2-5-17(20)23/h2-12H,1H3,(H,27,29). The van der Waals surface area contributed by atoms with Crippen molar-refractivity contribution in [3.8, 4) is 17.4 Å². The summed E-state index contributed by atoms with van der Waals surface area (Å²) in [5.74, 6) is 0.635. The van der Waals surface area contributed by atoms with Gasteiger partial charge in [-0.25, -0.2) is 14.1 Å². The molecule has 0 aliphatic carbocycles. The number of hydrogen-bond acceptors (Lipinski definition) is 5. The molecule has 30 heavy (non-hydrogen) atoms. The summed E-state index contributed by atoms with van der Waals surface area (Å²) in [6.07, 6.45) is 3.42. The quantitative estimate of drug-likeness (QED) is 0.498. The van der Waals surface area contributed by atoms with Crippen molar-refractivity contribution in [1.29, 1.82) is 0 Å². The van der Waals surface area contributed by atoms with Gasteiger partial charge in [-0.3, -0.25) is 4.79 Å². The first kappa shape index (κ1) is 19.5. The number of benzene rings is 2. The molecule has 4 aromatic rings. The number of hydrogen-bond donors (Lipinski definition) is 1. The van der Waals surface area contributed by atoms with Crippen LogP contribution in [0.5, 0.6) is 11.6 Å². The van der Waals surface area contributed by atoms with Crippen LogP contribution in [0, 0.1) is 12.7 Å². The largest absolute Gasteiger partial charge is 0.439 e. The van der Waals surface area contributed by atoms with Gasteiger partial charge in [-0.05, 0) is 49.4 Å². The maximum absolute atomic E-state index is 13.9. The molecule has 2 heterocycles. The molecule has 0 aliphatic rings. The molecule has 0 atom stereocenters. The van der Waals surface area contributed by atoms with E-state index in [-0.39, 0.29) is 10.6 Å². The van der Waals surface area contributed by atoms with E-state index in [4.69, 9.17) is 16.3 Å². The van der Waals surface area contributed by atoms with Crippen LogP contribution in [0.4, 0.5) is 10.1 Å². The summed E-state index contributed by atoms with van der Waals surface area (Å²) in [5.41, 5.74) is 0.255. The molecule has 1 amide bonds. The van der Waals surface area contributed by atoms with Gasteiger partial charge in [0.1, 0.15) is 17.4 Å². The third kappa shape index (κ3) is 4.28. The van der Waals surface area contributed by atoms with Gasteiger partial charge in [0.05, 0.1) is 10.6 Å². The zero-order valence-electron chi connectivity index (χ0n) is 15.7. The molecule has 0 unspecified atom stereocenters. The van der Waals surface area contributed by atoms with Gasteiger partial charge >= 0.3 is 0 Å². The van der Waals surface area contributed by atoms with Gasteiger partial charge in [0.25, 0.3) is 5.91 Å². The molecule has 0 saturated carbocycles. The Kier molecular flexibility index (Phi) is 5.40. The van der Waals surface area contributed by atoms with E-state index in [2.05, 4.69) is 20.4 Å². The molecule has 0 radical (unpaired) electrons. The van der Waals surface area contributed by atoms with E-state index in [0.717, 1.165) is 0 Å². The first-order valence-electron chi connectivity index (χ1n) is 8.88. The average Bonchev–Trinajstić information content (AvgIpc) is 3.24. The normalized spacial score (nSPS) is 10.6. The first-order chi connectivity index (χ1) is 14.5. The topological polar surface area (TPSA) is 81.9 Å². The van der Waals surface area contributed by atoms with E-state index in [1.807, 2.05) is 0 Å². The average molecular weight is 424 g/mol. The van der Waals surface area contributed by atoms with Crippen LogP contribution in [0.2, 0.25) is 5.02 Å². The number of aryl methyl sites for hydroxylation is 1. The van der Waals surface area contributed by atoms with Crippen molar-refractivity contribution in [1.82, 2.24) is 19.7 Å². The van der Waals surface area contributed by atoms with Gasteiger partial charge in [-0.1, -0.05) is 17.7 Å². The molecule has 0 saturated heterocycles. The van der Waals surface area contributed by atoms with Crippen molar-refractivity contribution in [3.05, 3.63) is 89.2 Å². The minimum Gasteiger partial charge on any atom is -0.439 e. The summed E-state index contributed by atoms with van der Waals surface area (Å²) in [6.45, 7) is 1.76. The Hall–Kier alpha value is -3.78. The van der Waals surface area contributed by atoms with Crippen LogP contribution >= 0.6 is 11.6 Å². The molecule has 150 valence electrons. The van der Waals surface area contributed by atoms with Crippen molar-refractivity contribution < 1.29 is 13.9 Å². The van der Waals surface area contributed by atoms with E-state index in [0.29, 0.717) is 29.0 Å². The van der Waals surface area contributed by atoms with Gasteiger partial charge in [-0.2, -0.15) is 10.1 Å². The lowest BCUT2D eigenvalue weighted by Gasteiger charge is -2.10. The minimum absolute atomic E-state index is 0.0413. The Morgan fingerprint density at radius 1 is 1.13 bits per heavy atom. The Balaban J connectivity index is 1.49. The molecule has 1 N–H and O–H groups in total. The van der Waals surface area contributed by atoms with Gasteiger partial charge in [0.15, 0.2) is 5.82 Å². The van der Waals surface area contributed by atoms with Crippen LogP contribution in [0.1, 0.15) is 16.2 Å². The Bertz CT molecular complexity index is 1180. The van der Waals surface area contributed by atoms with Crippen molar-refractivity contribution in [2.75, 3.05) is 5.32 Å². The number of carbonyl (C=O) groups is 1. The van der Waals surface area contributed by atoms with Gasteiger partial charge in [0, 0.05) is 24.1 Å². The molecule has 9 heteroatoms. The molecule has 0 aliphatic heterocycles. The summed E-state index contributed by atoms with van der Waals surface area (Å²) < 4.78 is 21.3. The summed E-state index contributed by atoms with van der Waals surface area (Å²) >= 11 is 5.93. The molecule has 0 bridgehead atoms. The van der Waals surface area contributed by atoms with Crippen LogP contribution in [0.3, 0.4) is 0 Å². The molecule has 0 spiro atoms. The van der Waals surface area contributed by atoms with Crippen LogP contribution in [-0.2, 0) is 0 Å². The summed E-state index contributed by atoms with van der Waals surface area (Å²) in [6, 6.07) is 14.1. The van der Waals surface area contributed by atoms with Crippen molar-refractivity contribution in [2.45, 2.75) is 6.92 Å². The predicted octanol–water partition coefficient (Wildman–Crippen LogP) is 4.81. The smallest absolute Gasteiger partial charge is 0.260 e. The Morgan fingerprint density at radius 3 is 2.63 bits per heavy atom. The number of anilines is 1. The highest BCUT2D eigenvalue weighted by molar-refractivity contribution is 6.34. The number of nitrogens with one attached hydrogen (secondary N) is 1. The highest BCUT2D eigenvalue weighted by atomic mass is 35.5. The van der Waals surface area contributed by atoms with Crippen LogP contribution in [-0.4, -0.2) is 25.7 Å². The lowest BCUT2D eigenvalue weighted by molar-refractivity contribution is 0.102. The van der Waals surface area contributed by atoms with E-state index < -0.39 is 11.7 Å². The van der Waals surface area contributed by atoms with E-state index in [9.17, 15) is 9.18 Å². The zero-order valence-corrected chi connectivity index (χ0v) is 16.5. The monoisotopic (exact) mass is 423 g/mol. The van der Waals surface area contributed by atoms with E-state index in [1.54, 1.807) is 60.4 Å². The molecule has 2 aromatic carbocycles. The van der Waals surface area contributed by atoms with Crippen LogP contribution in [0.25, 0.3) is 5.82 Å². The molecule has 7 nitrogen and oxygen atoms in total. The molecule has 2 aromatic heterocycles. The molecular formula is C21H15ClFN5O2. The maximum Gasteiger partial charge on any atom is 0.260 e. The van der Waals surface area contributed by atoms with Crippen LogP contribution in [0.15, 0.2) is 67.0 Å². The van der Waals surface area contributed by atoms with Gasteiger partial charge in [-0.15, -0.1) is 0 Å². The summed E-state index contributed by atoms with van der Waals surface area (Å²) in [4.78, 5) is 20.9. The number of aromatic nitrogens is 4. The minimum atomic E-state index is -0.688. The number of amides is 1. The lowest BCUT2D eigenvalue weighted by atomic mass is 10.2. The second-order valence-electron chi connectivity index (χ2n) is 6.24. The fraction of sp³-hybridized carbons (Fsp3) is 0.0476. The van der Waals surface area contributed by atoms with Crippen molar-refractivity contribution >= 4 is 23.2 Å². The van der Waals surface area contributed by atoms with E-state index in [1.165, 1.54) is 18.2 Å². The summed E-state index contributed by atoms with van der Waals surface area (Å²) in [5, 5.41) is 6.80. The zero-order chi connectivity index (χ0) is 21.1. The van der Waals surface area contributed by atoms with Crippen LogP contribution < -0.4 is 10.1 Å². The van der Waals surface area contributed by atoms with E-state index >= 15 is 0 Å². The maximum atomic E-state index is 13.9. The Labute approximate surface area is 176 Å². The highest BCUT2D eigenvalue weighted by Gasteiger charge is 2.16. The third-order valence-electron chi connectivity index (χ3n) is 4.06. The first-order valence-corrected chi connectivity index (χ1v) is 9.26. The predicted molar refractivity (Wildman–Crippen MR) is 110 cm³/mol. The van der Waals surface area contributed by atoms with Gasteiger partial charge in [0.2, 0.25) is 5.88 Å². The molecule has 0 fully saturated rings. The second kappa shape index (κ2) is 8.30. The lowest BCUT2D eigenvalue weighted by Crippen LogP contribution is -2.14. The number of nitrogens with zero attached hydrogens (tertiary/aromatic N) is 4. The van der Waals surface area contributed by atoms with Gasteiger partial charge < -0.3 is 10.1 Å². The fourth-order valence-corrected chi connectivity index (χ4v) is 2.98. The second-order valence-corrected chi connectivity index (χ2v) is 6.65. The van der Waals surface area contributed by atoms with Crippen molar-refractivity contribution in [3.63, 3.8) is 0 Å². The van der Waals surface area contributed by atoms with Crippen molar-refractivity contribution in [2.24, 2.45) is 0 Å². The number of ether oxygens (including phenoxy) is 1. The number of carbonyl (C=O) groups excluding carboxylic acids is 1.